The van der Waals surface area contributed by atoms with E-state index in [1.165, 1.54) is 18.2 Å². The summed E-state index contributed by atoms with van der Waals surface area (Å²) in [6, 6.07) is 13.6. The van der Waals surface area contributed by atoms with Crippen molar-refractivity contribution in [3.8, 4) is 5.75 Å². The molecule has 0 N–H and O–H groups in total. The molecular formula is C18H16N2O4. The number of hydrogen-bond acceptors (Lipinski definition) is 5. The molecule has 0 aromatic heterocycles. The summed E-state index contributed by atoms with van der Waals surface area (Å²) < 4.78 is 5.41. The van der Waals surface area contributed by atoms with Crippen LogP contribution >= 0.6 is 0 Å². The summed E-state index contributed by atoms with van der Waals surface area (Å²) in [5.41, 5.74) is 1.71. The summed E-state index contributed by atoms with van der Waals surface area (Å²) >= 11 is 0. The van der Waals surface area contributed by atoms with Crippen molar-refractivity contribution in [1.29, 1.82) is 0 Å². The molecule has 1 heterocycles. The zero-order chi connectivity index (χ0) is 17.1. The van der Waals surface area contributed by atoms with Crippen molar-refractivity contribution in [2.75, 3.05) is 12.0 Å². The molecule has 0 fully saturated rings. The Morgan fingerprint density at radius 3 is 2.54 bits per heavy atom. The van der Waals surface area contributed by atoms with Crippen LogP contribution in [0.1, 0.15) is 18.0 Å². The third-order valence-electron chi connectivity index (χ3n) is 4.00. The molecule has 122 valence electrons. The maximum absolute atomic E-state index is 11.9. The molecule has 0 amide bonds. The lowest BCUT2D eigenvalue weighted by atomic mass is 9.96. The average molecular weight is 324 g/mol. The molecule has 6 heteroatoms. The van der Waals surface area contributed by atoms with Crippen molar-refractivity contribution in [2.24, 2.45) is 0 Å². The van der Waals surface area contributed by atoms with Gasteiger partial charge in [0, 0.05) is 24.8 Å². The highest BCUT2D eigenvalue weighted by Crippen LogP contribution is 2.38. The number of methoxy groups -OCH3 is 1. The van der Waals surface area contributed by atoms with Crippen LogP contribution in [0.15, 0.2) is 60.8 Å². The van der Waals surface area contributed by atoms with Gasteiger partial charge in [-0.3, -0.25) is 14.9 Å². The van der Waals surface area contributed by atoms with Crippen LogP contribution in [0.3, 0.4) is 0 Å². The van der Waals surface area contributed by atoms with Gasteiger partial charge in [-0.25, -0.2) is 0 Å². The number of anilines is 1. The Morgan fingerprint density at radius 2 is 1.88 bits per heavy atom. The number of carbonyl (C=O) groups is 1. The van der Waals surface area contributed by atoms with E-state index in [9.17, 15) is 14.9 Å². The fourth-order valence-corrected chi connectivity index (χ4v) is 2.81. The van der Waals surface area contributed by atoms with Crippen LogP contribution in [0.2, 0.25) is 0 Å². The number of carbonyl (C=O) groups excluding carboxylic acids is 1. The lowest BCUT2D eigenvalue weighted by Gasteiger charge is -2.34. The van der Waals surface area contributed by atoms with E-state index in [-0.39, 0.29) is 17.5 Å². The number of allylic oxidation sites excluding steroid dienone is 1. The Balaban J connectivity index is 2.01. The summed E-state index contributed by atoms with van der Waals surface area (Å²) in [4.78, 5) is 24.2. The number of nitro benzene ring substituents is 1. The van der Waals surface area contributed by atoms with Gasteiger partial charge in [-0.15, -0.1) is 0 Å². The van der Waals surface area contributed by atoms with Crippen molar-refractivity contribution in [3.05, 3.63) is 76.5 Å². The highest BCUT2D eigenvalue weighted by Gasteiger charge is 2.27. The molecule has 1 aliphatic heterocycles. The monoisotopic (exact) mass is 324 g/mol. The molecule has 6 nitrogen and oxygen atoms in total. The van der Waals surface area contributed by atoms with E-state index in [1.807, 2.05) is 29.2 Å². The molecule has 0 bridgehead atoms. The second kappa shape index (κ2) is 6.54. The van der Waals surface area contributed by atoms with Gasteiger partial charge in [-0.1, -0.05) is 24.3 Å². The van der Waals surface area contributed by atoms with Gasteiger partial charge in [0.05, 0.1) is 23.8 Å². The average Bonchev–Trinajstić information content (AvgIpc) is 2.61. The standard InChI is InChI=1S/C18H16N2O4/c1-24-18-5-3-2-4-16(18)19-11-10-15(21)12-17(19)13-6-8-14(9-7-13)20(22)23/h2-11,17H,12H2,1H3/t17-/m1/s1. The van der Waals surface area contributed by atoms with Crippen molar-refractivity contribution in [2.45, 2.75) is 12.5 Å². The molecule has 0 saturated carbocycles. The molecule has 1 atom stereocenters. The number of ketones is 1. The predicted molar refractivity (Wildman–Crippen MR) is 90.1 cm³/mol. The highest BCUT2D eigenvalue weighted by atomic mass is 16.6. The van der Waals surface area contributed by atoms with Gasteiger partial charge in [0.15, 0.2) is 5.78 Å². The third kappa shape index (κ3) is 2.99. The quantitative estimate of drug-likeness (QED) is 0.634. The summed E-state index contributed by atoms with van der Waals surface area (Å²) in [6.07, 6.45) is 3.57. The Labute approximate surface area is 139 Å². The molecule has 3 rings (SSSR count). The first kappa shape index (κ1) is 15.7. The van der Waals surface area contributed by atoms with Gasteiger partial charge in [0.25, 0.3) is 5.69 Å². The van der Waals surface area contributed by atoms with Crippen molar-refractivity contribution in [3.63, 3.8) is 0 Å². The van der Waals surface area contributed by atoms with E-state index < -0.39 is 4.92 Å². The summed E-state index contributed by atoms with van der Waals surface area (Å²) in [6.45, 7) is 0. The van der Waals surface area contributed by atoms with E-state index in [1.54, 1.807) is 25.4 Å². The number of nitrogens with zero attached hydrogens (tertiary/aromatic N) is 2. The lowest BCUT2D eigenvalue weighted by molar-refractivity contribution is -0.384. The molecule has 0 saturated heterocycles. The van der Waals surface area contributed by atoms with Crippen molar-refractivity contribution >= 4 is 17.2 Å². The van der Waals surface area contributed by atoms with E-state index in [0.29, 0.717) is 12.2 Å². The fourth-order valence-electron chi connectivity index (χ4n) is 2.81. The van der Waals surface area contributed by atoms with Crippen molar-refractivity contribution in [1.82, 2.24) is 0 Å². The Bertz CT molecular complexity index is 799. The molecule has 1 aliphatic rings. The van der Waals surface area contributed by atoms with Crippen LogP contribution in [0.25, 0.3) is 0 Å². The number of benzene rings is 2. The first-order valence-corrected chi connectivity index (χ1v) is 7.47. The molecule has 0 radical (unpaired) electrons. The maximum atomic E-state index is 11.9. The van der Waals surface area contributed by atoms with E-state index in [4.69, 9.17) is 4.74 Å². The predicted octanol–water partition coefficient (Wildman–Crippen LogP) is 3.64. The first-order chi connectivity index (χ1) is 11.6. The van der Waals surface area contributed by atoms with Gasteiger partial charge >= 0.3 is 0 Å². The minimum atomic E-state index is -0.437. The molecule has 0 aliphatic carbocycles. The lowest BCUT2D eigenvalue weighted by Crippen LogP contribution is -2.29. The fraction of sp³-hybridized carbons (Fsp3) is 0.167. The second-order valence-corrected chi connectivity index (χ2v) is 5.43. The summed E-state index contributed by atoms with van der Waals surface area (Å²) in [7, 11) is 1.60. The van der Waals surface area contributed by atoms with Crippen LogP contribution in [0.4, 0.5) is 11.4 Å². The van der Waals surface area contributed by atoms with Crippen LogP contribution in [-0.4, -0.2) is 17.8 Å². The van der Waals surface area contributed by atoms with Crippen LogP contribution in [0.5, 0.6) is 5.75 Å². The molecule has 2 aromatic rings. The Hall–Kier alpha value is -3.15. The minimum absolute atomic E-state index is 0.0181. The van der Waals surface area contributed by atoms with E-state index in [2.05, 4.69) is 0 Å². The molecular weight excluding hydrogens is 308 g/mol. The zero-order valence-electron chi connectivity index (χ0n) is 13.1. The molecule has 0 unspecified atom stereocenters. The minimum Gasteiger partial charge on any atom is -0.495 e. The largest absolute Gasteiger partial charge is 0.495 e. The second-order valence-electron chi connectivity index (χ2n) is 5.43. The number of ether oxygens (including phenoxy) is 1. The molecule has 2 aromatic carbocycles. The smallest absolute Gasteiger partial charge is 0.269 e. The van der Waals surface area contributed by atoms with E-state index in [0.717, 1.165) is 11.3 Å². The maximum Gasteiger partial charge on any atom is 0.269 e. The van der Waals surface area contributed by atoms with Gasteiger partial charge in [-0.2, -0.15) is 0 Å². The Morgan fingerprint density at radius 1 is 1.17 bits per heavy atom. The summed E-state index contributed by atoms with van der Waals surface area (Å²) in [5.74, 6) is 0.716. The number of hydrogen-bond donors (Lipinski definition) is 0. The van der Waals surface area contributed by atoms with Gasteiger partial charge in [-0.05, 0) is 23.8 Å². The van der Waals surface area contributed by atoms with Crippen LogP contribution in [-0.2, 0) is 4.79 Å². The highest BCUT2D eigenvalue weighted by molar-refractivity contribution is 5.92. The Kier molecular flexibility index (Phi) is 4.29. The summed E-state index contributed by atoms with van der Waals surface area (Å²) in [5, 5.41) is 10.8. The van der Waals surface area contributed by atoms with E-state index >= 15 is 0 Å². The van der Waals surface area contributed by atoms with Gasteiger partial charge < -0.3 is 9.64 Å². The van der Waals surface area contributed by atoms with Crippen molar-refractivity contribution < 1.29 is 14.5 Å². The molecule has 24 heavy (non-hydrogen) atoms. The third-order valence-corrected chi connectivity index (χ3v) is 4.00. The first-order valence-electron chi connectivity index (χ1n) is 7.47. The number of rotatable bonds is 4. The normalized spacial score (nSPS) is 17.0. The van der Waals surface area contributed by atoms with Crippen LogP contribution < -0.4 is 9.64 Å². The molecule has 0 spiro atoms. The number of para-hydroxylation sites is 2. The number of nitro groups is 1. The number of non-ortho nitro benzene ring substituents is 1. The van der Waals surface area contributed by atoms with Crippen LogP contribution in [0, 0.1) is 10.1 Å². The van der Waals surface area contributed by atoms with Gasteiger partial charge in [0.2, 0.25) is 0 Å². The van der Waals surface area contributed by atoms with Gasteiger partial charge in [0.1, 0.15) is 5.75 Å². The zero-order valence-corrected chi connectivity index (χ0v) is 13.1. The SMILES string of the molecule is COc1ccccc1N1C=CC(=O)C[C@@H]1c1ccc([N+](=O)[O-])cc1. The topological polar surface area (TPSA) is 72.7 Å².